The summed E-state index contributed by atoms with van der Waals surface area (Å²) in [6.45, 7) is 0. The number of amides is 1. The summed E-state index contributed by atoms with van der Waals surface area (Å²) in [7, 11) is 0. The van der Waals surface area contributed by atoms with Gasteiger partial charge in [0, 0.05) is 15.6 Å². The number of nitrogens with one attached hydrogen (secondary N) is 1. The minimum absolute atomic E-state index is 0.337. The van der Waals surface area contributed by atoms with Gasteiger partial charge in [0.1, 0.15) is 12.1 Å². The van der Waals surface area contributed by atoms with Gasteiger partial charge in [-0.25, -0.2) is 9.07 Å². The van der Waals surface area contributed by atoms with Crippen LogP contribution in [-0.4, -0.2) is 26.1 Å². The van der Waals surface area contributed by atoms with Gasteiger partial charge in [0.15, 0.2) is 0 Å². The van der Waals surface area contributed by atoms with Crippen molar-refractivity contribution in [2.24, 2.45) is 0 Å². The Morgan fingerprint density at radius 1 is 1.03 bits per heavy atom. The Morgan fingerprint density at radius 3 is 2.59 bits per heavy atom. The van der Waals surface area contributed by atoms with Crippen LogP contribution in [0.15, 0.2) is 83.6 Å². The lowest BCUT2D eigenvalue weighted by molar-refractivity contribution is 0.0942. The van der Waals surface area contributed by atoms with Crippen LogP contribution in [0.5, 0.6) is 0 Å². The fourth-order valence-electron chi connectivity index (χ4n) is 3.01. The second-order valence-corrected chi connectivity index (χ2v) is 7.20. The lowest BCUT2D eigenvalue weighted by Crippen LogP contribution is -2.30. The van der Waals surface area contributed by atoms with Crippen LogP contribution in [0.25, 0.3) is 5.69 Å². The van der Waals surface area contributed by atoms with Crippen LogP contribution in [0.1, 0.15) is 27.5 Å². The van der Waals surface area contributed by atoms with Gasteiger partial charge in [-0.1, -0.05) is 58.4 Å². The molecule has 0 radical (unpaired) electrons. The van der Waals surface area contributed by atoms with Gasteiger partial charge in [-0.2, -0.15) is 0 Å². The molecule has 0 aliphatic heterocycles. The molecule has 0 aliphatic carbocycles. The van der Waals surface area contributed by atoms with E-state index in [0.717, 1.165) is 5.56 Å². The van der Waals surface area contributed by atoms with E-state index in [-0.39, 0.29) is 5.91 Å². The zero-order valence-corrected chi connectivity index (χ0v) is 16.6. The van der Waals surface area contributed by atoms with Gasteiger partial charge < -0.3 is 5.32 Å². The third kappa shape index (κ3) is 4.22. The van der Waals surface area contributed by atoms with Crippen LogP contribution in [0.2, 0.25) is 0 Å². The number of aromatic nitrogens is 4. The normalized spacial score (nSPS) is 11.8. The quantitative estimate of drug-likeness (QED) is 0.496. The standard InChI is InChI=1S/C21H15BrFN5O/c22-16-9-10-18(19(23)12-16)20(14-5-2-1-3-6-14)25-21(29)15-7-4-8-17(11-15)28-13-24-26-27-28/h1-13,20H,(H,25,29). The van der Waals surface area contributed by atoms with E-state index in [0.29, 0.717) is 21.3 Å². The van der Waals surface area contributed by atoms with Gasteiger partial charge in [-0.3, -0.25) is 4.79 Å². The third-order valence-electron chi connectivity index (χ3n) is 4.40. The molecule has 1 unspecified atom stereocenters. The Hall–Kier alpha value is -3.39. The lowest BCUT2D eigenvalue weighted by atomic mass is 9.97. The predicted molar refractivity (Wildman–Crippen MR) is 109 cm³/mol. The topological polar surface area (TPSA) is 72.7 Å². The molecule has 1 amide bonds. The summed E-state index contributed by atoms with van der Waals surface area (Å²) >= 11 is 3.27. The van der Waals surface area contributed by atoms with Gasteiger partial charge in [0.25, 0.3) is 5.91 Å². The number of hydrogen-bond acceptors (Lipinski definition) is 4. The van der Waals surface area contributed by atoms with Crippen molar-refractivity contribution in [3.05, 3.63) is 106 Å². The van der Waals surface area contributed by atoms with E-state index in [2.05, 4.69) is 36.8 Å². The van der Waals surface area contributed by atoms with Crippen LogP contribution in [0, 0.1) is 5.82 Å². The summed E-state index contributed by atoms with van der Waals surface area (Å²) in [6.07, 6.45) is 1.45. The lowest BCUT2D eigenvalue weighted by Gasteiger charge is -2.21. The van der Waals surface area contributed by atoms with Gasteiger partial charge in [-0.15, -0.1) is 5.10 Å². The highest BCUT2D eigenvalue weighted by molar-refractivity contribution is 9.10. The van der Waals surface area contributed by atoms with Crippen LogP contribution in [-0.2, 0) is 0 Å². The highest BCUT2D eigenvalue weighted by Gasteiger charge is 2.21. The number of tetrazole rings is 1. The zero-order valence-electron chi connectivity index (χ0n) is 15.0. The zero-order chi connectivity index (χ0) is 20.2. The Balaban J connectivity index is 1.68. The molecule has 0 spiro atoms. The van der Waals surface area contributed by atoms with Gasteiger partial charge in [0.2, 0.25) is 0 Å². The van der Waals surface area contributed by atoms with E-state index < -0.39 is 11.9 Å². The second kappa shape index (κ2) is 8.32. The van der Waals surface area contributed by atoms with E-state index in [1.54, 1.807) is 36.4 Å². The number of carbonyl (C=O) groups excluding carboxylic acids is 1. The molecule has 0 bridgehead atoms. The molecule has 1 N–H and O–H groups in total. The Bertz CT molecular complexity index is 1140. The Kier molecular flexibility index (Phi) is 5.44. The smallest absolute Gasteiger partial charge is 0.252 e. The molecule has 1 heterocycles. The molecule has 3 aromatic carbocycles. The SMILES string of the molecule is O=C(NC(c1ccccc1)c1ccc(Br)cc1F)c1cccc(-n2cnnn2)c1. The summed E-state index contributed by atoms with van der Waals surface area (Å²) in [5.74, 6) is -0.743. The molecule has 0 saturated carbocycles. The van der Waals surface area contributed by atoms with E-state index in [9.17, 15) is 9.18 Å². The van der Waals surface area contributed by atoms with E-state index in [4.69, 9.17) is 0 Å². The molecule has 0 saturated heterocycles. The van der Waals surface area contributed by atoms with Gasteiger partial charge in [0.05, 0.1) is 11.7 Å². The minimum Gasteiger partial charge on any atom is -0.341 e. The fourth-order valence-corrected chi connectivity index (χ4v) is 3.34. The average Bonchev–Trinajstić information content (AvgIpc) is 3.28. The molecule has 0 aliphatic rings. The summed E-state index contributed by atoms with van der Waals surface area (Å²) in [5, 5.41) is 14.0. The average molecular weight is 452 g/mol. The second-order valence-electron chi connectivity index (χ2n) is 6.29. The number of carbonyl (C=O) groups is 1. The maximum atomic E-state index is 14.7. The summed E-state index contributed by atoms with van der Waals surface area (Å²) in [6, 6.07) is 20.3. The van der Waals surface area contributed by atoms with E-state index in [1.807, 2.05) is 30.3 Å². The maximum Gasteiger partial charge on any atom is 0.252 e. The highest BCUT2D eigenvalue weighted by atomic mass is 79.9. The summed E-state index contributed by atoms with van der Waals surface area (Å²) < 4.78 is 16.8. The van der Waals surface area contributed by atoms with Crippen molar-refractivity contribution >= 4 is 21.8 Å². The van der Waals surface area contributed by atoms with Crippen molar-refractivity contribution in [2.45, 2.75) is 6.04 Å². The van der Waals surface area contributed by atoms with Crippen molar-refractivity contribution in [3.63, 3.8) is 0 Å². The molecule has 6 nitrogen and oxygen atoms in total. The molecule has 29 heavy (non-hydrogen) atoms. The molecule has 4 rings (SSSR count). The third-order valence-corrected chi connectivity index (χ3v) is 4.90. The first-order chi connectivity index (χ1) is 14.1. The van der Waals surface area contributed by atoms with Crippen LogP contribution in [0.3, 0.4) is 0 Å². The monoisotopic (exact) mass is 451 g/mol. The summed E-state index contributed by atoms with van der Waals surface area (Å²) in [5.41, 5.74) is 2.22. The molecular formula is C21H15BrFN5O. The van der Waals surface area contributed by atoms with Crippen LogP contribution in [0.4, 0.5) is 4.39 Å². The van der Waals surface area contributed by atoms with Crippen molar-refractivity contribution in [1.29, 1.82) is 0 Å². The first-order valence-corrected chi connectivity index (χ1v) is 9.55. The van der Waals surface area contributed by atoms with Crippen molar-refractivity contribution < 1.29 is 9.18 Å². The van der Waals surface area contributed by atoms with Gasteiger partial charge >= 0.3 is 0 Å². The highest BCUT2D eigenvalue weighted by Crippen LogP contribution is 2.27. The fraction of sp³-hybridized carbons (Fsp3) is 0.0476. The van der Waals surface area contributed by atoms with Crippen LogP contribution < -0.4 is 5.32 Å². The number of nitrogens with zero attached hydrogens (tertiary/aromatic N) is 4. The maximum absolute atomic E-state index is 14.7. The van der Waals surface area contributed by atoms with Crippen molar-refractivity contribution in [1.82, 2.24) is 25.5 Å². The number of hydrogen-bond donors (Lipinski definition) is 1. The Morgan fingerprint density at radius 2 is 1.86 bits per heavy atom. The Labute approximate surface area is 174 Å². The van der Waals surface area contributed by atoms with Gasteiger partial charge in [-0.05, 0) is 46.3 Å². The van der Waals surface area contributed by atoms with Crippen molar-refractivity contribution in [2.75, 3.05) is 0 Å². The molecular weight excluding hydrogens is 437 g/mol. The minimum atomic E-state index is -0.645. The number of halogens is 2. The van der Waals surface area contributed by atoms with Crippen LogP contribution >= 0.6 is 15.9 Å². The molecule has 1 atom stereocenters. The van der Waals surface area contributed by atoms with E-state index in [1.165, 1.54) is 17.1 Å². The largest absolute Gasteiger partial charge is 0.341 e. The van der Waals surface area contributed by atoms with E-state index >= 15 is 0 Å². The van der Waals surface area contributed by atoms with Crippen molar-refractivity contribution in [3.8, 4) is 5.69 Å². The molecule has 8 heteroatoms. The molecule has 1 aromatic heterocycles. The molecule has 0 fully saturated rings. The first kappa shape index (κ1) is 18.9. The molecule has 144 valence electrons. The summed E-state index contributed by atoms with van der Waals surface area (Å²) in [4.78, 5) is 13.0. The predicted octanol–water partition coefficient (Wildman–Crippen LogP) is 4.08. The number of rotatable bonds is 5. The molecule has 4 aromatic rings. The number of benzene rings is 3. The first-order valence-electron chi connectivity index (χ1n) is 8.76.